The van der Waals surface area contributed by atoms with Crippen molar-refractivity contribution in [2.75, 3.05) is 16.2 Å². The van der Waals surface area contributed by atoms with Crippen molar-refractivity contribution < 1.29 is 65.2 Å². The Morgan fingerprint density at radius 2 is 1.73 bits per heavy atom. The fraction of sp³-hybridized carbons (Fsp3) is 0.364. The van der Waals surface area contributed by atoms with Crippen molar-refractivity contribution in [3.05, 3.63) is 42.5 Å². The van der Waals surface area contributed by atoms with Gasteiger partial charge in [-0.15, -0.1) is 0 Å². The van der Waals surface area contributed by atoms with Crippen LogP contribution in [0.4, 0.5) is 48.8 Å². The third-order valence-corrected chi connectivity index (χ3v) is 8.61. The van der Waals surface area contributed by atoms with E-state index >= 15 is 0 Å². The number of benzene rings is 2. The number of fused-ring (bicyclic) bond motifs is 1. The highest BCUT2D eigenvalue weighted by Gasteiger charge is 2.65. The molecule has 0 saturated carbocycles. The van der Waals surface area contributed by atoms with Crippen molar-refractivity contribution >= 4 is 43.7 Å². The zero-order valence-electron chi connectivity index (χ0n) is 20.9. The van der Waals surface area contributed by atoms with E-state index in [-0.39, 0.29) is 30.0 Å². The summed E-state index contributed by atoms with van der Waals surface area (Å²) in [7, 11) is -15.4. The van der Waals surface area contributed by atoms with Crippen LogP contribution >= 0.6 is 10.2 Å². The van der Waals surface area contributed by atoms with Crippen LogP contribution in [0.1, 0.15) is 26.7 Å². The second kappa shape index (κ2) is 9.53. The number of sulfonamides is 1. The molecule has 9 nitrogen and oxygen atoms in total. The van der Waals surface area contributed by atoms with Gasteiger partial charge in [-0.1, -0.05) is 25.5 Å². The number of rotatable bonds is 8. The van der Waals surface area contributed by atoms with E-state index in [2.05, 4.69) is 4.74 Å². The number of amides is 1. The van der Waals surface area contributed by atoms with E-state index in [1.54, 1.807) is 0 Å². The number of hydrogen-bond donors (Lipinski definition) is 2. The average molecular weight is 643 g/mol. The summed E-state index contributed by atoms with van der Waals surface area (Å²) in [5.74, 6) is -1.55. The summed E-state index contributed by atoms with van der Waals surface area (Å²) in [6.45, 7) is 0.442. The maximum Gasteiger partial charge on any atom is 0.427 e. The lowest BCUT2D eigenvalue weighted by atomic mass is 10.1. The van der Waals surface area contributed by atoms with Crippen molar-refractivity contribution in [2.24, 2.45) is 0 Å². The third-order valence-electron chi connectivity index (χ3n) is 5.69. The summed E-state index contributed by atoms with van der Waals surface area (Å²) in [6.07, 6.45) is -8.49. The molecule has 2 N–H and O–H groups in total. The number of aliphatic carboxylic acids is 1. The number of nitrogens with one attached hydrogen (secondary N) is 1. The summed E-state index contributed by atoms with van der Waals surface area (Å²) in [6, 6.07) is 3.84. The molecule has 0 aliphatic carbocycles. The Morgan fingerprint density at radius 3 is 2.29 bits per heavy atom. The van der Waals surface area contributed by atoms with Gasteiger partial charge in [0.05, 0.1) is 17.1 Å². The molecular weight excluding hydrogens is 620 g/mol. The van der Waals surface area contributed by atoms with Gasteiger partial charge in [0.1, 0.15) is 16.7 Å². The second-order valence-electron chi connectivity index (χ2n) is 9.36. The first-order chi connectivity index (χ1) is 18.3. The molecule has 19 heteroatoms. The summed E-state index contributed by atoms with van der Waals surface area (Å²) in [4.78, 5) is 19.4. The van der Waals surface area contributed by atoms with Gasteiger partial charge in [-0.05, 0) is 56.7 Å². The van der Waals surface area contributed by atoms with Gasteiger partial charge in [-0.25, -0.2) is 13.2 Å². The van der Waals surface area contributed by atoms with Crippen molar-refractivity contribution in [1.82, 2.24) is 0 Å². The van der Waals surface area contributed by atoms with Gasteiger partial charge in [0.25, 0.3) is 10.0 Å². The highest BCUT2D eigenvalue weighted by atomic mass is 32.5. The maximum absolute atomic E-state index is 13.5. The maximum atomic E-state index is 13.5. The number of carbonyl (C=O) groups is 2. The quantitative estimate of drug-likeness (QED) is 0.296. The molecule has 1 atom stereocenters. The van der Waals surface area contributed by atoms with Crippen molar-refractivity contribution in [2.45, 2.75) is 54.4 Å². The van der Waals surface area contributed by atoms with Crippen molar-refractivity contribution in [3.63, 3.8) is 0 Å². The van der Waals surface area contributed by atoms with E-state index in [0.29, 0.717) is 30.3 Å². The predicted octanol–water partition coefficient (Wildman–Crippen LogP) is 7.05. The summed E-state index contributed by atoms with van der Waals surface area (Å²) in [5, 5.41) is 10.9. The first-order valence-electron chi connectivity index (χ1n) is 11.3. The molecule has 1 aliphatic rings. The Balaban J connectivity index is 2.05. The van der Waals surface area contributed by atoms with E-state index < -0.39 is 78.6 Å². The molecule has 0 spiro atoms. The largest absolute Gasteiger partial charge is 0.486 e. The molecule has 230 valence electrons. The third kappa shape index (κ3) is 7.43. The lowest BCUT2D eigenvalue weighted by Gasteiger charge is -2.41. The number of hydrogen-bond acceptors (Lipinski definition) is 6. The van der Waals surface area contributed by atoms with Gasteiger partial charge in [0.2, 0.25) is 5.60 Å². The molecule has 0 fully saturated rings. The monoisotopic (exact) mass is 642 g/mol. The fourth-order valence-corrected chi connectivity index (χ4v) is 5.79. The SMILES string of the molecule is CC(C)(OC(=O)Nc1ccc2c(c1)N(S(=O)(=O)c1cccc(S(F)(F)(F)(F)F)c1)CC(CCC(=O)O)O2)C(F)(F)F. The molecule has 3 rings (SSSR count). The van der Waals surface area contributed by atoms with Crippen molar-refractivity contribution in [3.8, 4) is 5.75 Å². The molecule has 1 amide bonds. The molecule has 41 heavy (non-hydrogen) atoms. The van der Waals surface area contributed by atoms with Gasteiger partial charge in [0.15, 0.2) is 0 Å². The molecule has 0 radical (unpaired) electrons. The number of halogens is 8. The predicted molar refractivity (Wildman–Crippen MR) is 130 cm³/mol. The Labute approximate surface area is 227 Å². The van der Waals surface area contributed by atoms with Crippen LogP contribution in [0.25, 0.3) is 0 Å². The molecule has 0 saturated heterocycles. The molecule has 0 bridgehead atoms. The Bertz CT molecular complexity index is 1480. The minimum Gasteiger partial charge on any atom is -0.486 e. The highest BCUT2D eigenvalue weighted by molar-refractivity contribution is 8.45. The number of carbonyl (C=O) groups excluding carboxylic acids is 1. The van der Waals surface area contributed by atoms with Gasteiger partial charge in [0, 0.05) is 12.1 Å². The molecule has 1 aliphatic heterocycles. The summed E-state index contributed by atoms with van der Waals surface area (Å²) < 4.78 is 143. The first kappa shape index (κ1) is 32.0. The fourth-order valence-electron chi connectivity index (χ4n) is 3.49. The molecule has 0 aromatic heterocycles. The number of carboxylic acid groups (broad SMARTS) is 1. The smallest absolute Gasteiger partial charge is 0.427 e. The molecule has 2 aromatic carbocycles. The molecule has 2 aromatic rings. The average Bonchev–Trinajstić information content (AvgIpc) is 2.79. The molecule has 1 heterocycles. The van der Waals surface area contributed by atoms with Crippen LogP contribution in [-0.4, -0.2) is 50.0 Å². The number of nitrogens with zero attached hydrogens (tertiary/aromatic N) is 1. The van der Waals surface area contributed by atoms with Crippen LogP contribution < -0.4 is 14.4 Å². The van der Waals surface area contributed by atoms with Gasteiger partial charge in [-0.2, -0.15) is 13.2 Å². The lowest BCUT2D eigenvalue weighted by molar-refractivity contribution is -0.242. The van der Waals surface area contributed by atoms with Crippen LogP contribution in [0, 0.1) is 0 Å². The van der Waals surface area contributed by atoms with E-state index in [4.69, 9.17) is 9.84 Å². The normalized spacial score (nSPS) is 17.9. The molecular formula is C22H22F8N2O7S2. The number of alkyl halides is 3. The van der Waals surface area contributed by atoms with Crippen LogP contribution in [0.3, 0.4) is 0 Å². The highest BCUT2D eigenvalue weighted by Crippen LogP contribution is 3.02. The minimum absolute atomic E-state index is 0.000420. The van der Waals surface area contributed by atoms with E-state index in [0.717, 1.165) is 18.2 Å². The van der Waals surface area contributed by atoms with Crippen LogP contribution in [0.5, 0.6) is 5.75 Å². The number of carboxylic acids is 1. The van der Waals surface area contributed by atoms with Crippen molar-refractivity contribution in [1.29, 1.82) is 0 Å². The van der Waals surface area contributed by atoms with Gasteiger partial charge >= 0.3 is 28.5 Å². The Morgan fingerprint density at radius 1 is 1.10 bits per heavy atom. The Kier molecular flexibility index (Phi) is 7.45. The lowest BCUT2D eigenvalue weighted by Crippen LogP contribution is -2.44. The Hall–Kier alpha value is -3.48. The van der Waals surface area contributed by atoms with Crippen LogP contribution in [0.2, 0.25) is 0 Å². The van der Waals surface area contributed by atoms with Crippen LogP contribution in [0.15, 0.2) is 52.3 Å². The standard InChI is InChI=1S/C22H22F8N2O7S2/c1-21(2,22(23,24)25)39-20(35)31-13-6-8-18-17(10-13)32(12-14(38-18)7-9-19(33)34)40(36,37)15-4-3-5-16(11-15)41(26,27,28,29)30/h3-6,8,10-11,14H,7,9,12H2,1-2H3,(H,31,35)(H,33,34). The van der Waals surface area contributed by atoms with E-state index in [9.17, 15) is 50.6 Å². The number of anilines is 2. The zero-order valence-corrected chi connectivity index (χ0v) is 22.6. The van der Waals surface area contributed by atoms with Gasteiger partial charge in [-0.3, -0.25) is 14.4 Å². The van der Waals surface area contributed by atoms with Crippen LogP contribution in [-0.2, 0) is 19.6 Å². The molecule has 1 unspecified atom stereocenters. The van der Waals surface area contributed by atoms with Gasteiger partial charge < -0.3 is 14.6 Å². The van der Waals surface area contributed by atoms with E-state index in [1.165, 1.54) is 0 Å². The topological polar surface area (TPSA) is 122 Å². The zero-order chi connectivity index (χ0) is 31.3. The summed E-state index contributed by atoms with van der Waals surface area (Å²) in [5.41, 5.74) is -3.70. The van der Waals surface area contributed by atoms with E-state index in [1.807, 2.05) is 5.32 Å². The summed E-state index contributed by atoms with van der Waals surface area (Å²) >= 11 is 0. The second-order valence-corrected chi connectivity index (χ2v) is 13.6. The first-order valence-corrected chi connectivity index (χ1v) is 14.7. The number of ether oxygens (including phenoxy) is 2. The minimum atomic E-state index is -10.3.